The van der Waals surface area contributed by atoms with E-state index in [1.165, 1.54) is 51.4 Å². The van der Waals surface area contributed by atoms with Gasteiger partial charge < -0.3 is 5.32 Å². The van der Waals surface area contributed by atoms with Gasteiger partial charge in [0.2, 0.25) is 0 Å². The van der Waals surface area contributed by atoms with E-state index in [0.29, 0.717) is 6.04 Å². The van der Waals surface area contributed by atoms with Gasteiger partial charge in [-0.2, -0.15) is 0 Å². The van der Waals surface area contributed by atoms with E-state index in [0.717, 1.165) is 11.8 Å². The number of hydrogen-bond donors (Lipinski definition) is 1. The first-order chi connectivity index (χ1) is 7.83. The maximum absolute atomic E-state index is 3.60. The highest BCUT2D eigenvalue weighted by Gasteiger charge is 2.31. The molecule has 2 aliphatic rings. The van der Waals surface area contributed by atoms with Crippen LogP contribution in [0.4, 0.5) is 0 Å². The summed E-state index contributed by atoms with van der Waals surface area (Å²) in [6.45, 7) is 2.44. The second-order valence-corrected chi connectivity index (χ2v) is 5.72. The Kier molecular flexibility index (Phi) is 4.45. The van der Waals surface area contributed by atoms with Crippen molar-refractivity contribution in [2.24, 2.45) is 11.8 Å². The van der Waals surface area contributed by atoms with Crippen LogP contribution >= 0.6 is 0 Å². The predicted octanol–water partition coefficient (Wildman–Crippen LogP) is 3.90. The van der Waals surface area contributed by atoms with Gasteiger partial charge >= 0.3 is 0 Å². The van der Waals surface area contributed by atoms with Crippen molar-refractivity contribution in [2.75, 3.05) is 7.05 Å². The Morgan fingerprint density at radius 2 is 2.06 bits per heavy atom. The number of hydrogen-bond acceptors (Lipinski definition) is 1. The van der Waals surface area contributed by atoms with E-state index in [1.807, 2.05) is 0 Å². The number of allylic oxidation sites excluding steroid dienone is 1. The van der Waals surface area contributed by atoms with Crippen molar-refractivity contribution in [2.45, 2.75) is 64.3 Å². The summed E-state index contributed by atoms with van der Waals surface area (Å²) < 4.78 is 0. The molecule has 1 nitrogen and oxygen atoms in total. The van der Waals surface area contributed by atoms with Crippen molar-refractivity contribution >= 4 is 0 Å². The van der Waals surface area contributed by atoms with Crippen LogP contribution in [0.25, 0.3) is 0 Å². The maximum Gasteiger partial charge on any atom is 0.0307 e. The highest BCUT2D eigenvalue weighted by Crippen LogP contribution is 2.37. The van der Waals surface area contributed by atoms with E-state index < -0.39 is 0 Å². The van der Waals surface area contributed by atoms with Crippen LogP contribution in [0.2, 0.25) is 0 Å². The van der Waals surface area contributed by atoms with Crippen LogP contribution < -0.4 is 5.32 Å². The topological polar surface area (TPSA) is 12.0 Å². The first kappa shape index (κ1) is 12.2. The van der Waals surface area contributed by atoms with Crippen molar-refractivity contribution < 1.29 is 0 Å². The van der Waals surface area contributed by atoms with Gasteiger partial charge in [0.1, 0.15) is 0 Å². The molecule has 1 fully saturated rings. The zero-order chi connectivity index (χ0) is 11.4. The molecule has 0 spiro atoms. The molecule has 0 heterocycles. The Bertz CT molecular complexity index is 244. The molecule has 92 valence electrons. The second kappa shape index (κ2) is 5.86. The average Bonchev–Trinajstić information content (AvgIpc) is 2.57. The lowest BCUT2D eigenvalue weighted by atomic mass is 9.84. The Balaban J connectivity index is 2.05. The minimum absolute atomic E-state index is 0.676. The van der Waals surface area contributed by atoms with Crippen LogP contribution in [0.1, 0.15) is 58.3 Å². The monoisotopic (exact) mass is 221 g/mol. The van der Waals surface area contributed by atoms with E-state index in [9.17, 15) is 0 Å². The van der Waals surface area contributed by atoms with Crippen LogP contribution in [0.3, 0.4) is 0 Å². The molecule has 0 amide bonds. The molecule has 2 rings (SSSR count). The first-order valence-electron chi connectivity index (χ1n) is 7.19. The summed E-state index contributed by atoms with van der Waals surface area (Å²) in [5.74, 6) is 1.82. The van der Waals surface area contributed by atoms with E-state index in [2.05, 4.69) is 25.4 Å². The average molecular weight is 221 g/mol. The quantitative estimate of drug-likeness (QED) is 0.713. The van der Waals surface area contributed by atoms with Gasteiger partial charge in [0.25, 0.3) is 0 Å². The van der Waals surface area contributed by atoms with E-state index >= 15 is 0 Å². The molecule has 3 unspecified atom stereocenters. The third-order valence-electron chi connectivity index (χ3n) is 4.64. The molecule has 1 N–H and O–H groups in total. The normalized spacial score (nSPS) is 33.2. The van der Waals surface area contributed by atoms with Crippen molar-refractivity contribution in [1.82, 2.24) is 5.32 Å². The maximum atomic E-state index is 3.60. The lowest BCUT2D eigenvalue weighted by molar-refractivity contribution is 0.334. The molecule has 0 aromatic heterocycles. The van der Waals surface area contributed by atoms with E-state index in [4.69, 9.17) is 0 Å². The van der Waals surface area contributed by atoms with Gasteiger partial charge in [0.15, 0.2) is 0 Å². The lowest BCUT2D eigenvalue weighted by Crippen LogP contribution is -2.36. The lowest BCUT2D eigenvalue weighted by Gasteiger charge is -2.29. The van der Waals surface area contributed by atoms with Gasteiger partial charge in [-0.25, -0.2) is 0 Å². The van der Waals surface area contributed by atoms with Crippen molar-refractivity contribution in [3.8, 4) is 0 Å². The Morgan fingerprint density at radius 1 is 1.19 bits per heavy atom. The molecular weight excluding hydrogens is 194 g/mol. The Morgan fingerprint density at radius 3 is 2.75 bits per heavy atom. The minimum atomic E-state index is 0.676. The van der Waals surface area contributed by atoms with Crippen molar-refractivity contribution in [3.63, 3.8) is 0 Å². The molecule has 16 heavy (non-hydrogen) atoms. The van der Waals surface area contributed by atoms with Crippen LogP contribution in [0.15, 0.2) is 11.6 Å². The van der Waals surface area contributed by atoms with Crippen molar-refractivity contribution in [3.05, 3.63) is 11.6 Å². The SMILES string of the molecule is CNC(C1=CCCCCC1)C1CCCC1C. The second-order valence-electron chi connectivity index (χ2n) is 5.72. The standard InChI is InChI=1S/C15H27N/c1-12-8-7-11-14(12)15(16-2)13-9-5-3-4-6-10-13/h9,12,14-16H,3-8,10-11H2,1-2H3. The highest BCUT2D eigenvalue weighted by atomic mass is 14.9. The zero-order valence-corrected chi connectivity index (χ0v) is 11.0. The summed E-state index contributed by atoms with van der Waals surface area (Å²) in [6, 6.07) is 0.676. The zero-order valence-electron chi connectivity index (χ0n) is 11.0. The summed E-state index contributed by atoms with van der Waals surface area (Å²) in [5.41, 5.74) is 1.72. The minimum Gasteiger partial charge on any atom is -0.313 e. The molecule has 1 saturated carbocycles. The van der Waals surface area contributed by atoms with E-state index in [-0.39, 0.29) is 0 Å². The van der Waals surface area contributed by atoms with Gasteiger partial charge in [0, 0.05) is 6.04 Å². The number of likely N-dealkylation sites (N-methyl/N-ethyl adjacent to an activating group) is 1. The molecule has 0 saturated heterocycles. The summed E-state index contributed by atoms with van der Waals surface area (Å²) in [5, 5.41) is 3.60. The molecule has 3 atom stereocenters. The smallest absolute Gasteiger partial charge is 0.0307 e. The molecule has 0 aromatic rings. The van der Waals surface area contributed by atoms with Crippen LogP contribution in [0, 0.1) is 11.8 Å². The van der Waals surface area contributed by atoms with Crippen LogP contribution in [-0.2, 0) is 0 Å². The van der Waals surface area contributed by atoms with Gasteiger partial charge in [-0.05, 0) is 51.0 Å². The molecule has 0 radical (unpaired) electrons. The fourth-order valence-electron chi connectivity index (χ4n) is 3.67. The highest BCUT2D eigenvalue weighted by molar-refractivity contribution is 5.14. The van der Waals surface area contributed by atoms with Gasteiger partial charge in [-0.15, -0.1) is 0 Å². The first-order valence-corrected chi connectivity index (χ1v) is 7.19. The van der Waals surface area contributed by atoms with Gasteiger partial charge in [0.05, 0.1) is 0 Å². The Labute approximate surface area is 101 Å². The fraction of sp³-hybridized carbons (Fsp3) is 0.867. The molecule has 2 aliphatic carbocycles. The molecular formula is C15H27N. The summed E-state index contributed by atoms with van der Waals surface area (Å²) in [7, 11) is 2.15. The predicted molar refractivity (Wildman–Crippen MR) is 70.5 cm³/mol. The van der Waals surface area contributed by atoms with Crippen LogP contribution in [-0.4, -0.2) is 13.1 Å². The third-order valence-corrected chi connectivity index (χ3v) is 4.64. The largest absolute Gasteiger partial charge is 0.313 e. The van der Waals surface area contributed by atoms with Crippen LogP contribution in [0.5, 0.6) is 0 Å². The summed E-state index contributed by atoms with van der Waals surface area (Å²) in [4.78, 5) is 0. The van der Waals surface area contributed by atoms with Gasteiger partial charge in [-0.1, -0.05) is 37.8 Å². The molecule has 0 aliphatic heterocycles. The fourth-order valence-corrected chi connectivity index (χ4v) is 3.67. The number of nitrogens with one attached hydrogen (secondary N) is 1. The molecule has 1 heteroatoms. The van der Waals surface area contributed by atoms with Crippen molar-refractivity contribution in [1.29, 1.82) is 0 Å². The Hall–Kier alpha value is -0.300. The van der Waals surface area contributed by atoms with Gasteiger partial charge in [-0.3, -0.25) is 0 Å². The van der Waals surface area contributed by atoms with E-state index in [1.54, 1.807) is 5.57 Å². The summed E-state index contributed by atoms with van der Waals surface area (Å²) >= 11 is 0. The summed E-state index contributed by atoms with van der Waals surface area (Å²) in [6.07, 6.45) is 13.8. The third kappa shape index (κ3) is 2.68. The molecule has 0 aromatic carbocycles. The number of rotatable bonds is 3. The molecule has 0 bridgehead atoms.